The number of aromatic nitrogens is 2. The molecule has 3 aliphatic rings. The molecular weight excluding hydrogens is 424 g/mol. The van der Waals surface area contributed by atoms with Crippen LogP contribution < -0.4 is 10.4 Å². The van der Waals surface area contributed by atoms with E-state index in [9.17, 15) is 4.79 Å². The van der Waals surface area contributed by atoms with Gasteiger partial charge >= 0.3 is 5.69 Å². The molecule has 6 nitrogen and oxygen atoms in total. The van der Waals surface area contributed by atoms with E-state index >= 15 is 0 Å². The van der Waals surface area contributed by atoms with E-state index in [1.165, 1.54) is 11.1 Å². The van der Waals surface area contributed by atoms with Crippen LogP contribution in [0.5, 0.6) is 5.75 Å². The highest BCUT2D eigenvalue weighted by Gasteiger charge is 2.39. The average molecular weight is 449 g/mol. The molecule has 164 valence electrons. The van der Waals surface area contributed by atoms with E-state index in [-0.39, 0.29) is 23.7 Å². The Morgan fingerprint density at radius 1 is 1.09 bits per heavy atom. The molecule has 3 aromatic rings. The lowest BCUT2D eigenvalue weighted by Gasteiger charge is -2.45. The van der Waals surface area contributed by atoms with Crippen LogP contribution in [-0.4, -0.2) is 39.6 Å². The summed E-state index contributed by atoms with van der Waals surface area (Å²) in [4.78, 5) is 19.9. The van der Waals surface area contributed by atoms with Crippen LogP contribution >= 0.6 is 12.4 Å². The van der Waals surface area contributed by atoms with E-state index in [1.807, 2.05) is 18.2 Å². The van der Waals surface area contributed by atoms with Gasteiger partial charge in [0.25, 0.3) is 0 Å². The van der Waals surface area contributed by atoms with Gasteiger partial charge in [-0.25, -0.2) is 4.79 Å². The normalized spacial score (nSPS) is 21.3. The van der Waals surface area contributed by atoms with Gasteiger partial charge in [0.1, 0.15) is 11.4 Å². The van der Waals surface area contributed by atoms with Crippen LogP contribution in [-0.2, 0) is 12.8 Å². The fraction of sp³-hybridized carbons (Fsp3) is 0.360. The van der Waals surface area contributed by atoms with Gasteiger partial charge in [-0.2, -0.15) is 5.26 Å². The second kappa shape index (κ2) is 7.84. The molecule has 1 saturated heterocycles. The van der Waals surface area contributed by atoms with Gasteiger partial charge < -0.3 is 14.7 Å². The largest absolute Gasteiger partial charge is 0.482 e. The average Bonchev–Trinajstić information content (AvgIpc) is 3.16. The van der Waals surface area contributed by atoms with Crippen molar-refractivity contribution in [1.82, 2.24) is 14.9 Å². The number of halogens is 1. The standard InChI is InChI=1S/C25H24N4O2.ClH/c26-15-16-1-2-18-12-20(4-3-17(18)11-16)29-9-7-25(8-10-29)6-5-19-13-21-22(14-23(19)31-25)28-24(30)27-21;/h1-2,5-6,11,13-14,20H,3-4,7-10,12H2,(H2,27,28,30);1H. The number of likely N-dealkylation sites (tertiary alicyclic amines) is 1. The fourth-order valence-corrected chi connectivity index (χ4v) is 5.45. The topological polar surface area (TPSA) is 84.9 Å². The van der Waals surface area contributed by atoms with Crippen LogP contribution in [0.2, 0.25) is 0 Å². The third-order valence-electron chi connectivity index (χ3n) is 7.22. The molecule has 0 bridgehead atoms. The van der Waals surface area contributed by atoms with Gasteiger partial charge in [0.05, 0.1) is 22.7 Å². The smallest absolute Gasteiger partial charge is 0.323 e. The third kappa shape index (κ3) is 3.52. The number of hydrogen-bond acceptors (Lipinski definition) is 4. The Morgan fingerprint density at radius 2 is 1.88 bits per heavy atom. The van der Waals surface area contributed by atoms with E-state index < -0.39 is 0 Å². The minimum atomic E-state index is -0.262. The maximum Gasteiger partial charge on any atom is 0.323 e. The first-order valence-corrected chi connectivity index (χ1v) is 11.0. The van der Waals surface area contributed by atoms with E-state index in [2.05, 4.69) is 45.2 Å². The summed E-state index contributed by atoms with van der Waals surface area (Å²) >= 11 is 0. The number of benzene rings is 2. The molecule has 6 rings (SSSR count). The number of ether oxygens (including phenoxy) is 1. The summed E-state index contributed by atoms with van der Waals surface area (Å²) in [6.07, 6.45) is 9.53. The molecule has 2 aromatic carbocycles. The first-order chi connectivity index (χ1) is 15.1. The molecule has 0 radical (unpaired) electrons. The Bertz CT molecular complexity index is 1310. The number of rotatable bonds is 1. The van der Waals surface area contributed by atoms with Gasteiger partial charge in [0.15, 0.2) is 0 Å². The highest BCUT2D eigenvalue weighted by molar-refractivity contribution is 5.85. The molecule has 1 unspecified atom stereocenters. The first-order valence-electron chi connectivity index (χ1n) is 11.0. The van der Waals surface area contributed by atoms with Crippen molar-refractivity contribution in [2.45, 2.75) is 43.7 Å². The Balaban J connectivity index is 0.00000216. The van der Waals surface area contributed by atoms with Crippen LogP contribution in [0.1, 0.15) is 41.5 Å². The summed E-state index contributed by atoms with van der Waals surface area (Å²) in [6.45, 7) is 2.03. The number of hydrogen-bond donors (Lipinski definition) is 2. The highest BCUT2D eigenvalue weighted by Crippen LogP contribution is 2.39. The number of H-pyrrole nitrogens is 2. The minimum absolute atomic E-state index is 0. The van der Waals surface area contributed by atoms with Gasteiger partial charge in [-0.1, -0.05) is 12.1 Å². The highest BCUT2D eigenvalue weighted by atomic mass is 35.5. The van der Waals surface area contributed by atoms with Gasteiger partial charge in [-0.05, 0) is 54.7 Å². The van der Waals surface area contributed by atoms with Crippen molar-refractivity contribution in [2.24, 2.45) is 0 Å². The Labute approximate surface area is 192 Å². The number of nitriles is 1. The SMILES string of the molecule is Cl.N#Cc1ccc2c(c1)CCC(N1CCC3(C=Cc4cc5[nH]c(=O)[nH]c5cc4O3)CC1)C2. The van der Waals surface area contributed by atoms with Crippen molar-refractivity contribution < 1.29 is 4.74 Å². The Morgan fingerprint density at radius 3 is 2.66 bits per heavy atom. The molecular formula is C25H25ClN4O2. The molecule has 1 aromatic heterocycles. The molecule has 7 heteroatoms. The number of aryl methyl sites for hydroxylation is 1. The summed E-state index contributed by atoms with van der Waals surface area (Å²) in [5, 5.41) is 9.14. The number of fused-ring (bicyclic) bond motifs is 3. The molecule has 1 atom stereocenters. The number of nitrogens with one attached hydrogen (secondary N) is 2. The number of imidazole rings is 1. The summed E-state index contributed by atoms with van der Waals surface area (Å²) in [5.41, 5.74) is 5.64. The van der Waals surface area contributed by atoms with E-state index in [4.69, 9.17) is 10.00 Å². The van der Waals surface area contributed by atoms with Crippen LogP contribution in [0.25, 0.3) is 17.1 Å². The number of nitrogens with zero attached hydrogens (tertiary/aromatic N) is 2. The summed E-state index contributed by atoms with van der Waals surface area (Å²) in [7, 11) is 0. The second-order valence-electron chi connectivity index (χ2n) is 9.04. The lowest BCUT2D eigenvalue weighted by molar-refractivity contribution is 0.0206. The van der Waals surface area contributed by atoms with Crippen molar-refractivity contribution in [1.29, 1.82) is 5.26 Å². The third-order valence-corrected chi connectivity index (χ3v) is 7.22. The quantitative estimate of drug-likeness (QED) is 0.590. The number of aromatic amines is 2. The van der Waals surface area contributed by atoms with E-state index in [1.54, 1.807) is 0 Å². The van der Waals surface area contributed by atoms with Crippen LogP contribution in [0.3, 0.4) is 0 Å². The lowest BCUT2D eigenvalue weighted by Crippen LogP contribution is -2.51. The minimum Gasteiger partial charge on any atom is -0.482 e. The van der Waals surface area contributed by atoms with Crippen LogP contribution in [0.4, 0.5) is 0 Å². The maximum absolute atomic E-state index is 11.6. The lowest BCUT2D eigenvalue weighted by atomic mass is 9.83. The molecule has 1 aliphatic carbocycles. The zero-order valence-electron chi connectivity index (χ0n) is 17.7. The van der Waals surface area contributed by atoms with Gasteiger partial charge in [0, 0.05) is 43.6 Å². The predicted octanol–water partition coefficient (Wildman–Crippen LogP) is 3.95. The zero-order chi connectivity index (χ0) is 21.0. The molecule has 0 saturated carbocycles. The van der Waals surface area contributed by atoms with Crippen molar-refractivity contribution in [2.75, 3.05) is 13.1 Å². The van der Waals surface area contributed by atoms with Crippen molar-refractivity contribution in [3.8, 4) is 11.8 Å². The van der Waals surface area contributed by atoms with Crippen LogP contribution in [0.15, 0.2) is 41.2 Å². The molecule has 32 heavy (non-hydrogen) atoms. The Hall–Kier alpha value is -3.01. The van der Waals surface area contributed by atoms with Gasteiger partial charge in [0.2, 0.25) is 0 Å². The Kier molecular flexibility index (Phi) is 5.11. The summed E-state index contributed by atoms with van der Waals surface area (Å²) in [6, 6.07) is 12.9. The summed E-state index contributed by atoms with van der Waals surface area (Å²) < 4.78 is 6.52. The second-order valence-corrected chi connectivity index (χ2v) is 9.04. The van der Waals surface area contributed by atoms with Crippen molar-refractivity contribution in [3.63, 3.8) is 0 Å². The van der Waals surface area contributed by atoms with E-state index in [0.717, 1.165) is 73.1 Å². The number of piperidine rings is 1. The monoisotopic (exact) mass is 448 g/mol. The molecule has 1 fully saturated rings. The van der Waals surface area contributed by atoms with Crippen LogP contribution in [0, 0.1) is 11.3 Å². The maximum atomic E-state index is 11.6. The molecule has 1 spiro atoms. The zero-order valence-corrected chi connectivity index (χ0v) is 18.5. The summed E-state index contributed by atoms with van der Waals surface area (Å²) in [5.74, 6) is 0.846. The van der Waals surface area contributed by atoms with Gasteiger partial charge in [-0.15, -0.1) is 12.4 Å². The van der Waals surface area contributed by atoms with E-state index in [0.29, 0.717) is 6.04 Å². The molecule has 0 amide bonds. The van der Waals surface area contributed by atoms with Crippen molar-refractivity contribution in [3.05, 3.63) is 69.1 Å². The molecule has 3 heterocycles. The molecule has 2 N–H and O–H groups in total. The molecule has 2 aliphatic heterocycles. The van der Waals surface area contributed by atoms with Gasteiger partial charge in [-0.3, -0.25) is 4.90 Å². The van der Waals surface area contributed by atoms with Crippen molar-refractivity contribution >= 4 is 29.5 Å². The fourth-order valence-electron chi connectivity index (χ4n) is 5.45. The predicted molar refractivity (Wildman–Crippen MR) is 126 cm³/mol. The first kappa shape index (κ1) is 20.9.